The maximum atomic E-state index is 10.9. The Kier molecular flexibility index (Phi) is 6.31. The first-order valence-electron chi connectivity index (χ1n) is 11.0. The van der Waals surface area contributed by atoms with Crippen LogP contribution in [0.3, 0.4) is 0 Å². The summed E-state index contributed by atoms with van der Waals surface area (Å²) in [7, 11) is 0. The summed E-state index contributed by atoms with van der Waals surface area (Å²) in [6.45, 7) is 0.287. The van der Waals surface area contributed by atoms with Gasteiger partial charge in [0.25, 0.3) is 0 Å². The van der Waals surface area contributed by atoms with Crippen molar-refractivity contribution >= 4 is 29.2 Å². The number of carboxylic acid groups (broad SMARTS) is 1. The second kappa shape index (κ2) is 9.53. The van der Waals surface area contributed by atoms with Crippen LogP contribution in [0.5, 0.6) is 5.75 Å². The van der Waals surface area contributed by atoms with Crippen LogP contribution in [0.2, 0.25) is 10.0 Å². The molecule has 3 aromatic carbocycles. The molecule has 0 aliphatic heterocycles. The average Bonchev–Trinajstić information content (AvgIpc) is 3.58. The fraction of sp³-hybridized carbons (Fsp3) is 0.185. The van der Waals surface area contributed by atoms with Crippen LogP contribution in [0.1, 0.15) is 35.6 Å². The summed E-state index contributed by atoms with van der Waals surface area (Å²) >= 11 is 12.9. The van der Waals surface area contributed by atoms with Gasteiger partial charge in [0.05, 0.1) is 22.0 Å². The van der Waals surface area contributed by atoms with Crippen molar-refractivity contribution in [3.05, 3.63) is 93.7 Å². The third-order valence-electron chi connectivity index (χ3n) is 5.85. The number of nitrogens with zero attached hydrogens (tertiary/aromatic N) is 1. The second-order valence-electron chi connectivity index (χ2n) is 8.33. The zero-order valence-corrected chi connectivity index (χ0v) is 19.6. The molecule has 0 bridgehead atoms. The molecule has 4 aromatic rings. The Morgan fingerprint density at radius 2 is 1.59 bits per heavy atom. The van der Waals surface area contributed by atoms with Gasteiger partial charge in [-0.3, -0.25) is 4.79 Å². The van der Waals surface area contributed by atoms with Crippen molar-refractivity contribution < 1.29 is 19.2 Å². The molecular weight excluding hydrogens is 473 g/mol. The summed E-state index contributed by atoms with van der Waals surface area (Å²) in [5.74, 6) is 1.06. The first-order chi connectivity index (χ1) is 16.5. The number of ether oxygens (including phenoxy) is 1. The number of hydrogen-bond acceptors (Lipinski definition) is 4. The molecule has 1 aliphatic rings. The lowest BCUT2D eigenvalue weighted by molar-refractivity contribution is -0.136. The highest BCUT2D eigenvalue weighted by Gasteiger charge is 2.33. The van der Waals surface area contributed by atoms with Gasteiger partial charge in [0.1, 0.15) is 23.8 Å². The van der Waals surface area contributed by atoms with Gasteiger partial charge < -0.3 is 14.4 Å². The molecule has 1 saturated carbocycles. The molecular formula is C27H21Cl2NO4. The van der Waals surface area contributed by atoms with E-state index in [4.69, 9.17) is 37.6 Å². The van der Waals surface area contributed by atoms with E-state index in [9.17, 15) is 4.79 Å². The standard InChI is InChI=1S/C27H21Cl2NO4/c28-22-2-1-3-23(29)25(22)26-21(27(34-30-26)19-8-9-19)15-33-20-12-10-18(11-13-20)17-6-4-16(5-7-17)14-24(31)32/h1-7,10-13,19H,8-9,14-15H2,(H,31,32). The van der Waals surface area contributed by atoms with Crippen LogP contribution in [0.4, 0.5) is 0 Å². The highest BCUT2D eigenvalue weighted by Crippen LogP contribution is 2.46. The van der Waals surface area contributed by atoms with Crippen molar-refractivity contribution in [2.75, 3.05) is 0 Å². The zero-order valence-electron chi connectivity index (χ0n) is 18.1. The number of hydrogen-bond donors (Lipinski definition) is 1. The first kappa shape index (κ1) is 22.5. The summed E-state index contributed by atoms with van der Waals surface area (Å²) in [6.07, 6.45) is 2.15. The SMILES string of the molecule is O=C(O)Cc1ccc(-c2ccc(OCc3c(-c4c(Cl)cccc4Cl)noc3C3CC3)cc2)cc1. The highest BCUT2D eigenvalue weighted by molar-refractivity contribution is 6.39. The highest BCUT2D eigenvalue weighted by atomic mass is 35.5. The molecule has 5 rings (SSSR count). The number of rotatable bonds is 8. The van der Waals surface area contributed by atoms with Gasteiger partial charge in [0.15, 0.2) is 0 Å². The fourth-order valence-electron chi connectivity index (χ4n) is 3.94. The van der Waals surface area contributed by atoms with E-state index >= 15 is 0 Å². The van der Waals surface area contributed by atoms with Gasteiger partial charge in [-0.2, -0.15) is 0 Å². The van der Waals surface area contributed by atoms with Crippen LogP contribution in [0, 0.1) is 0 Å². The normalized spacial score (nSPS) is 13.1. The third-order valence-corrected chi connectivity index (χ3v) is 6.48. The molecule has 1 fully saturated rings. The Balaban J connectivity index is 1.35. The van der Waals surface area contributed by atoms with E-state index in [1.54, 1.807) is 18.2 Å². The molecule has 7 heteroatoms. The zero-order chi connectivity index (χ0) is 23.7. The molecule has 1 aromatic heterocycles. The minimum absolute atomic E-state index is 0.0141. The van der Waals surface area contributed by atoms with Gasteiger partial charge in [-0.05, 0) is 53.8 Å². The van der Waals surface area contributed by atoms with E-state index in [2.05, 4.69) is 5.16 Å². The van der Waals surface area contributed by atoms with Gasteiger partial charge >= 0.3 is 5.97 Å². The number of aromatic nitrogens is 1. The fourth-order valence-corrected chi connectivity index (χ4v) is 4.51. The Morgan fingerprint density at radius 3 is 2.18 bits per heavy atom. The quantitative estimate of drug-likeness (QED) is 0.276. The topological polar surface area (TPSA) is 72.6 Å². The first-order valence-corrected chi connectivity index (χ1v) is 11.7. The lowest BCUT2D eigenvalue weighted by atomic mass is 10.0. The summed E-state index contributed by atoms with van der Waals surface area (Å²) < 4.78 is 11.8. The summed E-state index contributed by atoms with van der Waals surface area (Å²) in [5.41, 5.74) is 4.94. The molecule has 0 spiro atoms. The minimum Gasteiger partial charge on any atom is -0.489 e. The van der Waals surface area contributed by atoms with Crippen molar-refractivity contribution in [3.63, 3.8) is 0 Å². The molecule has 34 heavy (non-hydrogen) atoms. The molecule has 172 valence electrons. The van der Waals surface area contributed by atoms with Crippen molar-refractivity contribution in [1.29, 1.82) is 0 Å². The lowest BCUT2D eigenvalue weighted by Gasteiger charge is -2.10. The number of aliphatic carboxylic acids is 1. The molecule has 1 aliphatic carbocycles. The molecule has 1 heterocycles. The van der Waals surface area contributed by atoms with E-state index in [1.807, 2.05) is 48.5 Å². The molecule has 0 radical (unpaired) electrons. The van der Waals surface area contributed by atoms with Gasteiger partial charge in [-0.25, -0.2) is 0 Å². The lowest BCUT2D eigenvalue weighted by Crippen LogP contribution is -2.00. The number of benzene rings is 3. The maximum Gasteiger partial charge on any atom is 0.307 e. The van der Waals surface area contributed by atoms with Crippen LogP contribution < -0.4 is 4.74 Å². The van der Waals surface area contributed by atoms with Crippen molar-refractivity contribution in [1.82, 2.24) is 5.16 Å². The number of halogens is 2. The molecule has 1 N–H and O–H groups in total. The number of carbonyl (C=O) groups is 1. The predicted octanol–water partition coefficient (Wildman–Crippen LogP) is 7.40. The maximum absolute atomic E-state index is 10.9. The Bertz CT molecular complexity index is 1310. The summed E-state index contributed by atoms with van der Waals surface area (Å²) in [5, 5.41) is 14.3. The van der Waals surface area contributed by atoms with Crippen molar-refractivity contribution in [2.45, 2.75) is 31.8 Å². The van der Waals surface area contributed by atoms with E-state index in [1.165, 1.54) is 0 Å². The molecule has 0 amide bonds. The summed E-state index contributed by atoms with van der Waals surface area (Å²) in [4.78, 5) is 10.9. The van der Waals surface area contributed by atoms with Crippen LogP contribution in [-0.4, -0.2) is 16.2 Å². The average molecular weight is 494 g/mol. The smallest absolute Gasteiger partial charge is 0.307 e. The van der Waals surface area contributed by atoms with E-state index in [-0.39, 0.29) is 13.0 Å². The second-order valence-corrected chi connectivity index (χ2v) is 9.14. The Labute approximate surface area is 206 Å². The van der Waals surface area contributed by atoms with Gasteiger partial charge in [-0.15, -0.1) is 0 Å². The molecule has 0 atom stereocenters. The van der Waals surface area contributed by atoms with Crippen molar-refractivity contribution in [3.8, 4) is 28.1 Å². The van der Waals surface area contributed by atoms with Gasteiger partial charge in [0, 0.05) is 11.5 Å². The van der Waals surface area contributed by atoms with Gasteiger partial charge in [0.2, 0.25) is 0 Å². The largest absolute Gasteiger partial charge is 0.489 e. The minimum atomic E-state index is -0.841. The predicted molar refractivity (Wildman–Crippen MR) is 131 cm³/mol. The van der Waals surface area contributed by atoms with Gasteiger partial charge in [-0.1, -0.05) is 70.8 Å². The molecule has 0 saturated heterocycles. The van der Waals surface area contributed by atoms with E-state index < -0.39 is 5.97 Å². The molecule has 5 nitrogen and oxygen atoms in total. The monoisotopic (exact) mass is 493 g/mol. The van der Waals surface area contributed by atoms with Crippen LogP contribution in [0.25, 0.3) is 22.4 Å². The van der Waals surface area contributed by atoms with E-state index in [0.29, 0.717) is 33.0 Å². The molecule has 0 unspecified atom stereocenters. The Hall–Kier alpha value is -3.28. The third kappa shape index (κ3) is 4.81. The number of carboxylic acids is 1. The Morgan fingerprint density at radius 1 is 0.971 bits per heavy atom. The van der Waals surface area contributed by atoms with Crippen molar-refractivity contribution in [2.24, 2.45) is 0 Å². The summed E-state index contributed by atoms with van der Waals surface area (Å²) in [6, 6.07) is 20.7. The van der Waals surface area contributed by atoms with E-state index in [0.717, 1.165) is 40.9 Å². The van der Waals surface area contributed by atoms with Crippen LogP contribution in [-0.2, 0) is 17.8 Å². The van der Waals surface area contributed by atoms with Crippen LogP contribution >= 0.6 is 23.2 Å². The van der Waals surface area contributed by atoms with Crippen LogP contribution in [0.15, 0.2) is 71.3 Å².